The molecule has 0 aliphatic carbocycles. The SMILES string of the molecule is Oc1cc(F)ccc1-c1nc(-c2ncc(Br)cc2Br)no1. The van der Waals surface area contributed by atoms with Crippen molar-refractivity contribution in [3.05, 3.63) is 45.2 Å². The number of benzene rings is 1. The van der Waals surface area contributed by atoms with Crippen molar-refractivity contribution >= 4 is 31.9 Å². The molecule has 3 rings (SSSR count). The molecule has 106 valence electrons. The van der Waals surface area contributed by atoms with Crippen molar-refractivity contribution < 1.29 is 14.0 Å². The van der Waals surface area contributed by atoms with Gasteiger partial charge in [-0.2, -0.15) is 4.98 Å². The second kappa shape index (κ2) is 5.53. The Hall–Kier alpha value is -1.80. The lowest BCUT2D eigenvalue weighted by atomic mass is 10.2. The quantitative estimate of drug-likeness (QED) is 0.681. The first-order valence-corrected chi connectivity index (χ1v) is 7.27. The minimum atomic E-state index is -0.548. The molecule has 0 bridgehead atoms. The molecular formula is C13H6Br2FN3O2. The Kier molecular flexibility index (Phi) is 3.73. The van der Waals surface area contributed by atoms with E-state index in [9.17, 15) is 9.50 Å². The lowest BCUT2D eigenvalue weighted by Crippen LogP contribution is -1.88. The largest absolute Gasteiger partial charge is 0.507 e. The van der Waals surface area contributed by atoms with Gasteiger partial charge in [0.15, 0.2) is 0 Å². The Morgan fingerprint density at radius 2 is 2.00 bits per heavy atom. The van der Waals surface area contributed by atoms with Gasteiger partial charge in [-0.05, 0) is 50.1 Å². The smallest absolute Gasteiger partial charge is 0.262 e. The van der Waals surface area contributed by atoms with Gasteiger partial charge in [0.05, 0.1) is 5.56 Å². The molecule has 5 nitrogen and oxygen atoms in total. The molecule has 0 fully saturated rings. The molecule has 0 amide bonds. The van der Waals surface area contributed by atoms with Crippen LogP contribution in [0.5, 0.6) is 5.75 Å². The van der Waals surface area contributed by atoms with Crippen LogP contribution < -0.4 is 0 Å². The van der Waals surface area contributed by atoms with Gasteiger partial charge in [-0.25, -0.2) is 4.39 Å². The van der Waals surface area contributed by atoms with E-state index in [1.165, 1.54) is 12.1 Å². The summed E-state index contributed by atoms with van der Waals surface area (Å²) in [5.74, 6) is -0.478. The lowest BCUT2D eigenvalue weighted by molar-refractivity contribution is 0.424. The van der Waals surface area contributed by atoms with Gasteiger partial charge in [0.2, 0.25) is 5.82 Å². The molecule has 3 aromatic rings. The zero-order valence-corrected chi connectivity index (χ0v) is 13.4. The maximum Gasteiger partial charge on any atom is 0.262 e. The summed E-state index contributed by atoms with van der Waals surface area (Å²) in [6.07, 6.45) is 1.60. The first kappa shape index (κ1) is 14.2. The molecule has 0 saturated carbocycles. The molecule has 21 heavy (non-hydrogen) atoms. The number of rotatable bonds is 2. The topological polar surface area (TPSA) is 72.0 Å². The molecular weight excluding hydrogens is 409 g/mol. The third-order valence-corrected chi connectivity index (χ3v) is 3.67. The molecule has 2 heterocycles. The maximum atomic E-state index is 13.0. The van der Waals surface area contributed by atoms with E-state index < -0.39 is 5.82 Å². The fraction of sp³-hybridized carbons (Fsp3) is 0. The average molecular weight is 415 g/mol. The van der Waals surface area contributed by atoms with Gasteiger partial charge in [-0.15, -0.1) is 0 Å². The van der Waals surface area contributed by atoms with Crippen LogP contribution in [0, 0.1) is 5.82 Å². The average Bonchev–Trinajstić information content (AvgIpc) is 2.87. The van der Waals surface area contributed by atoms with Gasteiger partial charge >= 0.3 is 0 Å². The molecule has 1 aromatic carbocycles. The van der Waals surface area contributed by atoms with E-state index in [2.05, 4.69) is 47.0 Å². The molecule has 0 radical (unpaired) electrons. The minimum absolute atomic E-state index is 0.0825. The van der Waals surface area contributed by atoms with Gasteiger partial charge in [-0.1, -0.05) is 5.16 Å². The highest BCUT2D eigenvalue weighted by molar-refractivity contribution is 9.11. The van der Waals surface area contributed by atoms with Crippen molar-refractivity contribution in [3.63, 3.8) is 0 Å². The van der Waals surface area contributed by atoms with Crippen LogP contribution in [-0.2, 0) is 0 Å². The molecule has 0 saturated heterocycles. The number of aromatic nitrogens is 3. The summed E-state index contributed by atoms with van der Waals surface area (Å²) >= 11 is 6.66. The molecule has 8 heteroatoms. The van der Waals surface area contributed by atoms with E-state index in [0.29, 0.717) is 10.2 Å². The number of halogens is 3. The highest BCUT2D eigenvalue weighted by Gasteiger charge is 2.17. The summed E-state index contributed by atoms with van der Waals surface area (Å²) in [5.41, 5.74) is 0.748. The van der Waals surface area contributed by atoms with Crippen LogP contribution in [0.2, 0.25) is 0 Å². The fourth-order valence-corrected chi connectivity index (χ4v) is 2.86. The van der Waals surface area contributed by atoms with Gasteiger partial charge in [0.25, 0.3) is 5.89 Å². The van der Waals surface area contributed by atoms with Crippen molar-refractivity contribution in [2.45, 2.75) is 0 Å². The third kappa shape index (κ3) is 2.81. The van der Waals surface area contributed by atoms with E-state index in [0.717, 1.165) is 10.5 Å². The van der Waals surface area contributed by atoms with E-state index >= 15 is 0 Å². The van der Waals surface area contributed by atoms with Crippen LogP contribution in [0.1, 0.15) is 0 Å². The molecule has 2 aromatic heterocycles. The normalized spacial score (nSPS) is 10.8. The first-order valence-electron chi connectivity index (χ1n) is 5.68. The highest BCUT2D eigenvalue weighted by Crippen LogP contribution is 2.31. The molecule has 0 unspecified atom stereocenters. The van der Waals surface area contributed by atoms with Crippen LogP contribution in [0.25, 0.3) is 23.0 Å². The van der Waals surface area contributed by atoms with Crippen molar-refractivity contribution in [2.24, 2.45) is 0 Å². The monoisotopic (exact) mass is 413 g/mol. The summed E-state index contributed by atoms with van der Waals surface area (Å²) in [5, 5.41) is 13.5. The lowest BCUT2D eigenvalue weighted by Gasteiger charge is -1.99. The number of hydrogen-bond donors (Lipinski definition) is 1. The Balaban J connectivity index is 2.03. The number of phenols is 1. The second-order valence-electron chi connectivity index (χ2n) is 4.07. The number of phenolic OH excluding ortho intramolecular Hbond substituents is 1. The van der Waals surface area contributed by atoms with Gasteiger partial charge in [0.1, 0.15) is 17.3 Å². The number of hydrogen-bond acceptors (Lipinski definition) is 5. The maximum absolute atomic E-state index is 13.0. The second-order valence-corrected chi connectivity index (χ2v) is 5.84. The third-order valence-electron chi connectivity index (χ3n) is 2.64. The van der Waals surface area contributed by atoms with Crippen LogP contribution in [0.4, 0.5) is 4.39 Å². The van der Waals surface area contributed by atoms with E-state index in [1.54, 1.807) is 12.3 Å². The van der Waals surface area contributed by atoms with E-state index in [-0.39, 0.29) is 23.0 Å². The van der Waals surface area contributed by atoms with Gasteiger partial charge in [0, 0.05) is 21.2 Å². The predicted molar refractivity (Wildman–Crippen MR) is 80.0 cm³/mol. The summed E-state index contributed by atoms with van der Waals surface area (Å²) in [4.78, 5) is 8.35. The van der Waals surface area contributed by atoms with E-state index in [4.69, 9.17) is 4.52 Å². The van der Waals surface area contributed by atoms with E-state index in [1.807, 2.05) is 0 Å². The summed E-state index contributed by atoms with van der Waals surface area (Å²) in [7, 11) is 0. The Bertz CT molecular complexity index is 757. The Morgan fingerprint density at radius 3 is 2.71 bits per heavy atom. The summed E-state index contributed by atoms with van der Waals surface area (Å²) < 4.78 is 19.6. The van der Waals surface area contributed by atoms with Crippen LogP contribution in [0.15, 0.2) is 43.9 Å². The predicted octanol–water partition coefficient (Wildman–Crippen LogP) is 4.17. The van der Waals surface area contributed by atoms with Gasteiger partial charge in [-0.3, -0.25) is 4.98 Å². The summed E-state index contributed by atoms with van der Waals surface area (Å²) in [6, 6.07) is 5.35. The Morgan fingerprint density at radius 1 is 1.19 bits per heavy atom. The van der Waals surface area contributed by atoms with Crippen LogP contribution >= 0.6 is 31.9 Å². The molecule has 0 atom stereocenters. The van der Waals surface area contributed by atoms with Crippen LogP contribution in [0.3, 0.4) is 0 Å². The van der Waals surface area contributed by atoms with Crippen molar-refractivity contribution in [2.75, 3.05) is 0 Å². The number of aromatic hydroxyl groups is 1. The minimum Gasteiger partial charge on any atom is -0.507 e. The zero-order valence-electron chi connectivity index (χ0n) is 10.2. The molecule has 0 aliphatic heterocycles. The van der Waals surface area contributed by atoms with Crippen molar-refractivity contribution in [1.29, 1.82) is 0 Å². The highest BCUT2D eigenvalue weighted by atomic mass is 79.9. The van der Waals surface area contributed by atoms with Crippen molar-refractivity contribution in [3.8, 4) is 28.7 Å². The molecule has 0 aliphatic rings. The number of nitrogens with zero attached hydrogens (tertiary/aromatic N) is 3. The first-order chi connectivity index (χ1) is 10.0. The van der Waals surface area contributed by atoms with Crippen LogP contribution in [-0.4, -0.2) is 20.2 Å². The number of pyridine rings is 1. The molecule has 1 N–H and O–H groups in total. The zero-order chi connectivity index (χ0) is 15.0. The Labute approximate surface area is 135 Å². The summed E-state index contributed by atoms with van der Waals surface area (Å²) in [6.45, 7) is 0. The fourth-order valence-electron chi connectivity index (χ4n) is 1.69. The molecule has 0 spiro atoms. The van der Waals surface area contributed by atoms with Crippen molar-refractivity contribution in [1.82, 2.24) is 15.1 Å². The van der Waals surface area contributed by atoms with Gasteiger partial charge < -0.3 is 9.63 Å². The standard InChI is InChI=1S/C13H6Br2FN3O2/c14-6-3-9(15)11(17-5-6)12-18-13(21-19-12)8-2-1-7(16)4-10(8)20/h1-5,20H.